The number of thioether (sulfide) groups is 1. The largest absolute Gasteiger partial charge is 0.497 e. The third kappa shape index (κ3) is 6.42. The number of anilines is 1. The van der Waals surface area contributed by atoms with Crippen LogP contribution >= 0.6 is 11.8 Å². The lowest BCUT2D eigenvalue weighted by molar-refractivity contribution is -0.117. The van der Waals surface area contributed by atoms with Gasteiger partial charge in [-0.1, -0.05) is 24.3 Å². The molecule has 2 rings (SSSR count). The lowest BCUT2D eigenvalue weighted by Crippen LogP contribution is -2.30. The van der Waals surface area contributed by atoms with Gasteiger partial charge in [-0.3, -0.25) is 14.5 Å². The number of nitrogens with zero attached hydrogens (tertiary/aromatic N) is 1. The van der Waals surface area contributed by atoms with Crippen molar-refractivity contribution in [3.8, 4) is 5.75 Å². The highest BCUT2D eigenvalue weighted by Gasteiger charge is 2.11. The Balaban J connectivity index is 1.90. The summed E-state index contributed by atoms with van der Waals surface area (Å²) < 4.78 is 5.14. The van der Waals surface area contributed by atoms with E-state index in [1.807, 2.05) is 60.5 Å². The Morgan fingerprint density at radius 3 is 2.50 bits per heavy atom. The van der Waals surface area contributed by atoms with Crippen molar-refractivity contribution in [2.75, 3.05) is 31.8 Å². The second-order valence-corrected chi connectivity index (χ2v) is 6.84. The molecule has 7 heteroatoms. The summed E-state index contributed by atoms with van der Waals surface area (Å²) in [6.45, 7) is 0.899. The summed E-state index contributed by atoms with van der Waals surface area (Å²) in [5, 5.41) is 2.90. The third-order valence-electron chi connectivity index (χ3n) is 3.56. The van der Waals surface area contributed by atoms with Crippen LogP contribution in [0.25, 0.3) is 0 Å². The fourth-order valence-corrected chi connectivity index (χ4v) is 3.13. The topological polar surface area (TPSA) is 84.7 Å². The predicted octanol–water partition coefficient (Wildman–Crippen LogP) is 2.34. The first-order chi connectivity index (χ1) is 12.5. The Kier molecular flexibility index (Phi) is 7.50. The number of amides is 2. The first-order valence-electron chi connectivity index (χ1n) is 8.09. The fraction of sp³-hybridized carbons (Fsp3) is 0.263. The van der Waals surface area contributed by atoms with Gasteiger partial charge in [-0.25, -0.2) is 0 Å². The molecule has 0 unspecified atom stereocenters. The van der Waals surface area contributed by atoms with Crippen molar-refractivity contribution in [2.45, 2.75) is 11.4 Å². The molecule has 2 aromatic rings. The van der Waals surface area contributed by atoms with Crippen molar-refractivity contribution in [1.29, 1.82) is 0 Å². The number of hydrogen-bond donors (Lipinski definition) is 2. The smallest absolute Gasteiger partial charge is 0.238 e. The molecule has 0 radical (unpaired) electrons. The first kappa shape index (κ1) is 19.8. The molecule has 3 N–H and O–H groups in total. The zero-order valence-corrected chi connectivity index (χ0v) is 15.7. The van der Waals surface area contributed by atoms with Crippen LogP contribution in [0.1, 0.15) is 5.56 Å². The highest BCUT2D eigenvalue weighted by Crippen LogP contribution is 2.26. The predicted molar refractivity (Wildman–Crippen MR) is 104 cm³/mol. The second-order valence-electron chi connectivity index (χ2n) is 5.82. The molecule has 2 aromatic carbocycles. The lowest BCUT2D eigenvalue weighted by Gasteiger charge is -2.17. The Hall–Kier alpha value is -2.51. The van der Waals surface area contributed by atoms with E-state index in [9.17, 15) is 9.59 Å². The van der Waals surface area contributed by atoms with Gasteiger partial charge in [-0.2, -0.15) is 0 Å². The van der Waals surface area contributed by atoms with Crippen LogP contribution in [-0.2, 0) is 16.1 Å². The minimum Gasteiger partial charge on any atom is -0.497 e. The summed E-state index contributed by atoms with van der Waals surface area (Å²) in [6.07, 6.45) is 0. The number of nitrogens with two attached hydrogens (primary N) is 1. The number of hydrogen-bond acceptors (Lipinski definition) is 5. The zero-order chi connectivity index (χ0) is 18.9. The van der Waals surface area contributed by atoms with Crippen LogP contribution in [0.5, 0.6) is 5.75 Å². The third-order valence-corrected chi connectivity index (χ3v) is 4.65. The SMILES string of the molecule is COc1ccc(CN(C)CC(=O)Nc2ccccc2SCC(N)=O)cc1. The van der Waals surface area contributed by atoms with Gasteiger partial charge in [0.15, 0.2) is 0 Å². The molecule has 0 aliphatic rings. The van der Waals surface area contributed by atoms with Crippen LogP contribution in [0.3, 0.4) is 0 Å². The Labute approximate surface area is 157 Å². The molecule has 2 amide bonds. The zero-order valence-electron chi connectivity index (χ0n) is 14.9. The monoisotopic (exact) mass is 373 g/mol. The van der Waals surface area contributed by atoms with E-state index in [1.165, 1.54) is 11.8 Å². The normalized spacial score (nSPS) is 10.6. The standard InChI is InChI=1S/C19H23N3O3S/c1-22(11-14-7-9-15(25-2)10-8-14)12-19(24)21-16-5-3-4-6-17(16)26-13-18(20)23/h3-10H,11-13H2,1-2H3,(H2,20,23)(H,21,24). The van der Waals surface area contributed by atoms with E-state index in [1.54, 1.807) is 7.11 Å². The summed E-state index contributed by atoms with van der Waals surface area (Å²) in [5.41, 5.74) is 6.97. The van der Waals surface area contributed by atoms with Gasteiger partial charge in [0.2, 0.25) is 11.8 Å². The minimum atomic E-state index is -0.393. The van der Waals surface area contributed by atoms with E-state index in [0.29, 0.717) is 12.2 Å². The van der Waals surface area contributed by atoms with Crippen LogP contribution in [0.2, 0.25) is 0 Å². The Morgan fingerprint density at radius 2 is 1.85 bits per heavy atom. The summed E-state index contributed by atoms with van der Waals surface area (Å²) >= 11 is 1.31. The number of carbonyl (C=O) groups is 2. The van der Waals surface area contributed by atoms with E-state index in [2.05, 4.69) is 5.32 Å². The lowest BCUT2D eigenvalue weighted by atomic mass is 10.2. The maximum absolute atomic E-state index is 12.3. The van der Waals surface area contributed by atoms with E-state index < -0.39 is 5.91 Å². The van der Waals surface area contributed by atoms with Gasteiger partial charge < -0.3 is 15.8 Å². The molecule has 6 nitrogen and oxygen atoms in total. The van der Waals surface area contributed by atoms with Crippen LogP contribution in [0, 0.1) is 0 Å². The molecule has 0 aliphatic carbocycles. The molecule has 0 aliphatic heterocycles. The number of carbonyl (C=O) groups excluding carboxylic acids is 2. The molecule has 0 spiro atoms. The van der Waals surface area contributed by atoms with Crippen molar-refractivity contribution >= 4 is 29.3 Å². The van der Waals surface area contributed by atoms with Crippen molar-refractivity contribution in [3.63, 3.8) is 0 Å². The summed E-state index contributed by atoms with van der Waals surface area (Å²) in [7, 11) is 3.52. The summed E-state index contributed by atoms with van der Waals surface area (Å²) in [4.78, 5) is 26.0. The van der Waals surface area contributed by atoms with Gasteiger partial charge in [0, 0.05) is 11.4 Å². The van der Waals surface area contributed by atoms with Gasteiger partial charge in [0.25, 0.3) is 0 Å². The quantitative estimate of drug-likeness (QED) is 0.659. The molecule has 0 saturated carbocycles. The molecule has 0 bridgehead atoms. The van der Waals surface area contributed by atoms with Crippen molar-refractivity contribution in [1.82, 2.24) is 4.90 Å². The number of nitrogens with one attached hydrogen (secondary N) is 1. The van der Waals surface area contributed by atoms with Gasteiger partial charge in [-0.15, -0.1) is 11.8 Å². The number of rotatable bonds is 9. The van der Waals surface area contributed by atoms with Crippen LogP contribution in [-0.4, -0.2) is 43.2 Å². The van der Waals surface area contributed by atoms with Gasteiger partial charge in [0.1, 0.15) is 5.75 Å². The summed E-state index contributed by atoms with van der Waals surface area (Å²) in [6, 6.07) is 15.1. The minimum absolute atomic E-state index is 0.117. The summed E-state index contributed by atoms with van der Waals surface area (Å²) in [5.74, 6) is 0.465. The number of ether oxygens (including phenoxy) is 1. The van der Waals surface area contributed by atoms with E-state index in [-0.39, 0.29) is 18.2 Å². The second kappa shape index (κ2) is 9.84. The van der Waals surface area contributed by atoms with E-state index in [4.69, 9.17) is 10.5 Å². The molecular weight excluding hydrogens is 350 g/mol. The Morgan fingerprint density at radius 1 is 1.15 bits per heavy atom. The highest BCUT2D eigenvalue weighted by molar-refractivity contribution is 8.00. The van der Waals surface area contributed by atoms with E-state index in [0.717, 1.165) is 16.2 Å². The number of benzene rings is 2. The molecular formula is C19H23N3O3S. The van der Waals surface area contributed by atoms with Crippen molar-refractivity contribution in [2.24, 2.45) is 5.73 Å². The number of primary amides is 1. The van der Waals surface area contributed by atoms with Crippen molar-refractivity contribution < 1.29 is 14.3 Å². The number of methoxy groups -OCH3 is 1. The van der Waals surface area contributed by atoms with Gasteiger partial charge in [0.05, 0.1) is 25.1 Å². The van der Waals surface area contributed by atoms with Gasteiger partial charge in [-0.05, 0) is 36.9 Å². The molecule has 0 heterocycles. The maximum atomic E-state index is 12.3. The average Bonchev–Trinajstić information content (AvgIpc) is 2.61. The average molecular weight is 373 g/mol. The fourth-order valence-electron chi connectivity index (χ4n) is 2.38. The van der Waals surface area contributed by atoms with Gasteiger partial charge >= 0.3 is 0 Å². The Bertz CT molecular complexity index is 750. The molecule has 0 aromatic heterocycles. The molecule has 138 valence electrons. The molecule has 0 saturated heterocycles. The number of para-hydroxylation sites is 1. The van der Waals surface area contributed by atoms with Crippen LogP contribution in [0.4, 0.5) is 5.69 Å². The first-order valence-corrected chi connectivity index (χ1v) is 9.08. The number of likely N-dealkylation sites (N-methyl/N-ethyl adjacent to an activating group) is 1. The molecule has 0 fully saturated rings. The highest BCUT2D eigenvalue weighted by atomic mass is 32.2. The molecule has 26 heavy (non-hydrogen) atoms. The van der Waals surface area contributed by atoms with Crippen LogP contribution < -0.4 is 15.8 Å². The van der Waals surface area contributed by atoms with E-state index >= 15 is 0 Å². The molecule has 0 atom stereocenters. The van der Waals surface area contributed by atoms with Crippen molar-refractivity contribution in [3.05, 3.63) is 54.1 Å². The van der Waals surface area contributed by atoms with Crippen LogP contribution in [0.15, 0.2) is 53.4 Å². The maximum Gasteiger partial charge on any atom is 0.238 e.